The highest BCUT2D eigenvalue weighted by atomic mass is 16.5. The monoisotopic (exact) mass is 232 g/mol. The van der Waals surface area contributed by atoms with Crippen molar-refractivity contribution in [1.82, 2.24) is 10.2 Å². The molecule has 0 aromatic rings. The summed E-state index contributed by atoms with van der Waals surface area (Å²) in [4.78, 5) is 2.23. The lowest BCUT2D eigenvalue weighted by Gasteiger charge is -2.16. The van der Waals surface area contributed by atoms with Crippen LogP contribution in [-0.2, 0) is 4.74 Å². The second-order valence-electron chi connectivity index (χ2n) is 4.69. The highest BCUT2D eigenvalue weighted by Crippen LogP contribution is 1.93. The standard InChI is InChI=1S/C12H28N2O2/c1-5-14(4)7-6-13-8-12(15)10-16-9-11(2)3/h11-13,15H,5-10H2,1-4H3. The molecule has 1 atom stereocenters. The van der Waals surface area contributed by atoms with Gasteiger partial charge < -0.3 is 20.1 Å². The Morgan fingerprint density at radius 1 is 1.31 bits per heavy atom. The van der Waals surface area contributed by atoms with E-state index in [9.17, 15) is 5.11 Å². The molecule has 2 N–H and O–H groups in total. The van der Waals surface area contributed by atoms with Crippen molar-refractivity contribution in [2.75, 3.05) is 46.4 Å². The lowest BCUT2D eigenvalue weighted by Crippen LogP contribution is -2.35. The summed E-state index contributed by atoms with van der Waals surface area (Å²) < 4.78 is 5.36. The van der Waals surface area contributed by atoms with E-state index in [1.165, 1.54) is 0 Å². The zero-order valence-electron chi connectivity index (χ0n) is 11.2. The van der Waals surface area contributed by atoms with Crippen molar-refractivity contribution < 1.29 is 9.84 Å². The number of ether oxygens (including phenoxy) is 1. The number of rotatable bonds is 10. The number of likely N-dealkylation sites (N-methyl/N-ethyl adjacent to an activating group) is 1. The SMILES string of the molecule is CCN(C)CCNCC(O)COCC(C)C. The van der Waals surface area contributed by atoms with Gasteiger partial charge in [0.2, 0.25) is 0 Å². The average molecular weight is 232 g/mol. The van der Waals surface area contributed by atoms with E-state index in [1.54, 1.807) is 0 Å². The first-order valence-corrected chi connectivity index (χ1v) is 6.21. The molecule has 0 aliphatic heterocycles. The number of nitrogens with one attached hydrogen (secondary N) is 1. The fourth-order valence-electron chi connectivity index (χ4n) is 1.20. The third kappa shape index (κ3) is 10.4. The summed E-state index contributed by atoms with van der Waals surface area (Å²) in [5.41, 5.74) is 0. The van der Waals surface area contributed by atoms with Crippen LogP contribution in [-0.4, -0.2) is 62.6 Å². The maximum Gasteiger partial charge on any atom is 0.0897 e. The van der Waals surface area contributed by atoms with Crippen molar-refractivity contribution in [3.63, 3.8) is 0 Å². The molecule has 0 aliphatic rings. The Kier molecular flexibility index (Phi) is 9.92. The van der Waals surface area contributed by atoms with E-state index < -0.39 is 6.10 Å². The van der Waals surface area contributed by atoms with E-state index in [4.69, 9.17) is 4.74 Å². The first-order valence-electron chi connectivity index (χ1n) is 6.21. The molecule has 0 saturated heterocycles. The smallest absolute Gasteiger partial charge is 0.0897 e. The van der Waals surface area contributed by atoms with Crippen LogP contribution in [0.5, 0.6) is 0 Å². The third-order valence-corrected chi connectivity index (χ3v) is 2.35. The summed E-state index contributed by atoms with van der Waals surface area (Å²) in [6, 6.07) is 0. The molecule has 0 amide bonds. The molecule has 1 unspecified atom stereocenters. The summed E-state index contributed by atoms with van der Waals surface area (Å²) in [6.07, 6.45) is -0.398. The molecular formula is C12H28N2O2. The Hall–Kier alpha value is -0.160. The van der Waals surface area contributed by atoms with Crippen molar-refractivity contribution >= 4 is 0 Å². The number of hydrogen-bond acceptors (Lipinski definition) is 4. The zero-order valence-corrected chi connectivity index (χ0v) is 11.2. The molecule has 0 heterocycles. The van der Waals surface area contributed by atoms with Crippen LogP contribution in [0, 0.1) is 5.92 Å². The average Bonchev–Trinajstić information content (AvgIpc) is 2.23. The van der Waals surface area contributed by atoms with Crippen LogP contribution in [0.4, 0.5) is 0 Å². The van der Waals surface area contributed by atoms with Crippen LogP contribution in [0.3, 0.4) is 0 Å². The molecule has 0 fully saturated rings. The van der Waals surface area contributed by atoms with E-state index in [0.717, 1.165) is 26.2 Å². The van der Waals surface area contributed by atoms with Crippen molar-refractivity contribution in [3.05, 3.63) is 0 Å². The molecular weight excluding hydrogens is 204 g/mol. The molecule has 98 valence electrons. The Morgan fingerprint density at radius 2 is 2.00 bits per heavy atom. The lowest BCUT2D eigenvalue weighted by molar-refractivity contribution is 0.0261. The molecule has 0 radical (unpaired) electrons. The van der Waals surface area contributed by atoms with Crippen molar-refractivity contribution in [1.29, 1.82) is 0 Å². The summed E-state index contributed by atoms with van der Waals surface area (Å²) in [6.45, 7) is 11.1. The minimum atomic E-state index is -0.398. The van der Waals surface area contributed by atoms with Gasteiger partial charge in [-0.3, -0.25) is 0 Å². The normalized spacial score (nSPS) is 13.7. The van der Waals surface area contributed by atoms with Gasteiger partial charge in [0.15, 0.2) is 0 Å². The van der Waals surface area contributed by atoms with E-state index in [0.29, 0.717) is 19.1 Å². The Balaban J connectivity index is 3.26. The van der Waals surface area contributed by atoms with Gasteiger partial charge in [-0.2, -0.15) is 0 Å². The van der Waals surface area contributed by atoms with Gasteiger partial charge >= 0.3 is 0 Å². The second-order valence-corrected chi connectivity index (χ2v) is 4.69. The van der Waals surface area contributed by atoms with Gasteiger partial charge in [-0.05, 0) is 19.5 Å². The first kappa shape index (κ1) is 15.8. The first-order chi connectivity index (χ1) is 7.56. The van der Waals surface area contributed by atoms with Crippen molar-refractivity contribution in [3.8, 4) is 0 Å². The fourth-order valence-corrected chi connectivity index (χ4v) is 1.20. The second kappa shape index (κ2) is 10.0. The zero-order chi connectivity index (χ0) is 12.4. The predicted molar refractivity (Wildman–Crippen MR) is 67.7 cm³/mol. The molecule has 0 aliphatic carbocycles. The van der Waals surface area contributed by atoms with Gasteiger partial charge in [-0.25, -0.2) is 0 Å². The molecule has 4 heteroatoms. The van der Waals surface area contributed by atoms with E-state index in [-0.39, 0.29) is 0 Å². The quantitative estimate of drug-likeness (QED) is 0.540. The molecule has 4 nitrogen and oxygen atoms in total. The van der Waals surface area contributed by atoms with Crippen LogP contribution < -0.4 is 5.32 Å². The largest absolute Gasteiger partial charge is 0.389 e. The number of hydrogen-bond donors (Lipinski definition) is 2. The Morgan fingerprint density at radius 3 is 2.56 bits per heavy atom. The minimum Gasteiger partial charge on any atom is -0.389 e. The summed E-state index contributed by atoms with van der Waals surface area (Å²) in [5.74, 6) is 0.526. The molecule has 0 saturated carbocycles. The van der Waals surface area contributed by atoms with Crippen LogP contribution in [0.2, 0.25) is 0 Å². The Bertz CT molecular complexity index is 154. The predicted octanol–water partition coefficient (Wildman–Crippen LogP) is 0.561. The lowest BCUT2D eigenvalue weighted by atomic mass is 10.2. The van der Waals surface area contributed by atoms with Crippen LogP contribution in [0.1, 0.15) is 20.8 Å². The van der Waals surface area contributed by atoms with Gasteiger partial charge in [0.05, 0.1) is 12.7 Å². The van der Waals surface area contributed by atoms with Gasteiger partial charge in [-0.1, -0.05) is 20.8 Å². The molecule has 0 rings (SSSR count). The molecule has 0 aromatic heterocycles. The Labute approximate surface area is 100.0 Å². The van der Waals surface area contributed by atoms with E-state index in [1.807, 2.05) is 0 Å². The number of nitrogens with zero attached hydrogens (tertiary/aromatic N) is 1. The van der Waals surface area contributed by atoms with Crippen LogP contribution in [0.15, 0.2) is 0 Å². The van der Waals surface area contributed by atoms with Crippen LogP contribution in [0.25, 0.3) is 0 Å². The maximum absolute atomic E-state index is 9.58. The molecule has 0 bridgehead atoms. The topological polar surface area (TPSA) is 44.7 Å². The highest BCUT2D eigenvalue weighted by molar-refractivity contribution is 4.60. The highest BCUT2D eigenvalue weighted by Gasteiger charge is 2.04. The molecule has 16 heavy (non-hydrogen) atoms. The van der Waals surface area contributed by atoms with Gasteiger partial charge in [-0.15, -0.1) is 0 Å². The van der Waals surface area contributed by atoms with Gasteiger partial charge in [0.1, 0.15) is 0 Å². The fraction of sp³-hybridized carbons (Fsp3) is 1.00. The third-order valence-electron chi connectivity index (χ3n) is 2.35. The van der Waals surface area contributed by atoms with E-state index >= 15 is 0 Å². The molecule has 0 spiro atoms. The van der Waals surface area contributed by atoms with Gasteiger partial charge in [0, 0.05) is 26.2 Å². The van der Waals surface area contributed by atoms with Crippen LogP contribution >= 0.6 is 0 Å². The number of aliphatic hydroxyl groups is 1. The number of aliphatic hydroxyl groups excluding tert-OH is 1. The maximum atomic E-state index is 9.58. The van der Waals surface area contributed by atoms with E-state index in [2.05, 4.69) is 38.0 Å². The summed E-state index contributed by atoms with van der Waals surface area (Å²) in [5, 5.41) is 12.8. The molecule has 0 aromatic carbocycles. The van der Waals surface area contributed by atoms with Gasteiger partial charge in [0.25, 0.3) is 0 Å². The summed E-state index contributed by atoms with van der Waals surface area (Å²) >= 11 is 0. The van der Waals surface area contributed by atoms with Crippen molar-refractivity contribution in [2.45, 2.75) is 26.9 Å². The summed E-state index contributed by atoms with van der Waals surface area (Å²) in [7, 11) is 2.09. The van der Waals surface area contributed by atoms with Crippen molar-refractivity contribution in [2.24, 2.45) is 5.92 Å². The minimum absolute atomic E-state index is 0.398.